The van der Waals surface area contributed by atoms with Crippen molar-refractivity contribution in [3.63, 3.8) is 0 Å². The summed E-state index contributed by atoms with van der Waals surface area (Å²) < 4.78 is 37.9. The number of rotatable bonds is 2. The van der Waals surface area contributed by atoms with Crippen molar-refractivity contribution in [3.05, 3.63) is 29.8 Å². The van der Waals surface area contributed by atoms with Crippen LogP contribution in [-0.4, -0.2) is 54.8 Å². The van der Waals surface area contributed by atoms with Gasteiger partial charge in [-0.05, 0) is 12.1 Å². The maximum Gasteiger partial charge on any atom is 0.251 e. The van der Waals surface area contributed by atoms with Gasteiger partial charge in [-0.25, -0.2) is 13.7 Å². The van der Waals surface area contributed by atoms with Gasteiger partial charge in [-0.2, -0.15) is 0 Å². The molecule has 3 heterocycles. The molecule has 0 aliphatic carbocycles. The average molecular weight is 352 g/mol. The number of carbonyl (C=O) groups excluding carboxylic acids is 2. The lowest BCUT2D eigenvalue weighted by molar-refractivity contribution is -0.188. The van der Waals surface area contributed by atoms with E-state index < -0.39 is 35.3 Å². The minimum absolute atomic E-state index is 0.0343. The van der Waals surface area contributed by atoms with Gasteiger partial charge < -0.3 is 9.47 Å². The van der Waals surface area contributed by atoms with Gasteiger partial charge in [0.25, 0.3) is 5.91 Å². The first kappa shape index (κ1) is 16.6. The second-order valence-electron chi connectivity index (χ2n) is 6.53. The van der Waals surface area contributed by atoms with Crippen molar-refractivity contribution >= 4 is 17.5 Å². The number of piperidine rings is 1. The number of ether oxygens (including phenoxy) is 2. The molecular weight excluding hydrogens is 334 g/mol. The Morgan fingerprint density at radius 1 is 1.04 bits per heavy atom. The Hall–Kier alpha value is -1.90. The van der Waals surface area contributed by atoms with E-state index in [4.69, 9.17) is 9.47 Å². The number of hydrogen-bond donors (Lipinski definition) is 0. The summed E-state index contributed by atoms with van der Waals surface area (Å²) in [7, 11) is 0. The molecule has 0 saturated carbocycles. The van der Waals surface area contributed by atoms with E-state index in [9.17, 15) is 18.4 Å². The number of nitrogens with zero attached hydrogens (tertiary/aromatic N) is 2. The molecule has 1 spiro atoms. The van der Waals surface area contributed by atoms with Crippen LogP contribution < -0.4 is 4.90 Å². The third-order valence-electron chi connectivity index (χ3n) is 5.10. The van der Waals surface area contributed by atoms with Crippen molar-refractivity contribution in [1.82, 2.24) is 4.90 Å². The Morgan fingerprint density at radius 3 is 2.36 bits per heavy atom. The Labute approximate surface area is 143 Å². The van der Waals surface area contributed by atoms with Crippen LogP contribution in [0.3, 0.4) is 0 Å². The highest BCUT2D eigenvalue weighted by Crippen LogP contribution is 2.34. The third kappa shape index (κ3) is 2.84. The number of halogens is 2. The second kappa shape index (κ2) is 6.12. The Bertz CT molecular complexity index is 711. The van der Waals surface area contributed by atoms with Gasteiger partial charge >= 0.3 is 0 Å². The van der Waals surface area contributed by atoms with E-state index >= 15 is 0 Å². The van der Waals surface area contributed by atoms with E-state index in [0.717, 1.165) is 17.0 Å². The van der Waals surface area contributed by atoms with Crippen molar-refractivity contribution in [2.24, 2.45) is 0 Å². The van der Waals surface area contributed by atoms with Gasteiger partial charge in [-0.1, -0.05) is 0 Å². The van der Waals surface area contributed by atoms with Crippen LogP contribution in [0, 0.1) is 11.6 Å². The number of carbonyl (C=O) groups is 2. The average Bonchev–Trinajstić information content (AvgIpc) is 3.16. The van der Waals surface area contributed by atoms with Crippen molar-refractivity contribution in [2.75, 3.05) is 31.2 Å². The zero-order valence-electron chi connectivity index (χ0n) is 13.5. The molecule has 0 radical (unpaired) electrons. The van der Waals surface area contributed by atoms with Crippen LogP contribution in [0.4, 0.5) is 14.5 Å². The van der Waals surface area contributed by atoms with Crippen molar-refractivity contribution in [3.8, 4) is 0 Å². The van der Waals surface area contributed by atoms with Gasteiger partial charge in [0.1, 0.15) is 0 Å². The highest BCUT2D eigenvalue weighted by Gasteiger charge is 2.47. The Morgan fingerprint density at radius 2 is 1.72 bits per heavy atom. The minimum atomic E-state index is -1.09. The van der Waals surface area contributed by atoms with Gasteiger partial charge in [-0.15, -0.1) is 0 Å². The summed E-state index contributed by atoms with van der Waals surface area (Å²) in [5, 5.41) is 0. The van der Waals surface area contributed by atoms with Gasteiger partial charge in [0.15, 0.2) is 17.4 Å². The van der Waals surface area contributed by atoms with Crippen LogP contribution in [-0.2, 0) is 19.1 Å². The molecule has 3 aliphatic rings. The Balaban J connectivity index is 1.48. The second-order valence-corrected chi connectivity index (χ2v) is 6.53. The lowest BCUT2D eigenvalue weighted by Crippen LogP contribution is -2.51. The molecule has 0 bridgehead atoms. The van der Waals surface area contributed by atoms with Crippen LogP contribution in [0.2, 0.25) is 0 Å². The minimum Gasteiger partial charge on any atom is -0.347 e. The number of amides is 2. The molecule has 4 rings (SSSR count). The molecule has 2 amide bonds. The molecule has 0 aromatic heterocycles. The van der Waals surface area contributed by atoms with E-state index in [-0.39, 0.29) is 12.1 Å². The van der Waals surface area contributed by atoms with E-state index in [2.05, 4.69) is 0 Å². The van der Waals surface area contributed by atoms with Crippen molar-refractivity contribution in [2.45, 2.75) is 31.1 Å². The SMILES string of the molecule is O=C1CC(N2CCC3(CC2)OCCO3)C(=O)N1c1ccc(F)c(F)c1. The number of anilines is 1. The summed E-state index contributed by atoms with van der Waals surface area (Å²) in [6, 6.07) is 2.44. The maximum absolute atomic E-state index is 13.4. The lowest BCUT2D eigenvalue weighted by atomic mass is 10.0. The molecular formula is C17H18F2N2O4. The predicted octanol–water partition coefficient (Wildman–Crippen LogP) is 1.44. The summed E-state index contributed by atoms with van der Waals surface area (Å²) in [4.78, 5) is 27.9. The highest BCUT2D eigenvalue weighted by molar-refractivity contribution is 6.22. The summed E-state index contributed by atoms with van der Waals surface area (Å²) in [5.41, 5.74) is 0.0624. The molecule has 0 N–H and O–H groups in total. The highest BCUT2D eigenvalue weighted by atomic mass is 19.2. The number of likely N-dealkylation sites (tertiary alicyclic amines) is 1. The molecule has 8 heteroatoms. The number of imide groups is 1. The third-order valence-corrected chi connectivity index (χ3v) is 5.10. The number of hydrogen-bond acceptors (Lipinski definition) is 5. The molecule has 6 nitrogen and oxygen atoms in total. The predicted molar refractivity (Wildman–Crippen MR) is 82.7 cm³/mol. The fourth-order valence-corrected chi connectivity index (χ4v) is 3.76. The van der Waals surface area contributed by atoms with E-state index in [1.165, 1.54) is 6.07 Å². The smallest absolute Gasteiger partial charge is 0.251 e. The van der Waals surface area contributed by atoms with Crippen LogP contribution in [0.15, 0.2) is 18.2 Å². The maximum atomic E-state index is 13.4. The van der Waals surface area contributed by atoms with E-state index in [1.54, 1.807) is 0 Å². The van der Waals surface area contributed by atoms with Gasteiger partial charge in [0, 0.05) is 32.0 Å². The molecule has 1 aromatic carbocycles. The molecule has 1 atom stereocenters. The molecule has 3 aliphatic heterocycles. The first-order chi connectivity index (χ1) is 12.0. The van der Waals surface area contributed by atoms with Crippen molar-refractivity contribution < 1.29 is 27.8 Å². The largest absolute Gasteiger partial charge is 0.347 e. The zero-order chi connectivity index (χ0) is 17.6. The van der Waals surface area contributed by atoms with Gasteiger partial charge in [-0.3, -0.25) is 14.5 Å². The fraction of sp³-hybridized carbons (Fsp3) is 0.529. The van der Waals surface area contributed by atoms with E-state index in [1.807, 2.05) is 4.90 Å². The molecule has 1 unspecified atom stereocenters. The van der Waals surface area contributed by atoms with Crippen molar-refractivity contribution in [1.29, 1.82) is 0 Å². The molecule has 25 heavy (non-hydrogen) atoms. The van der Waals surface area contributed by atoms with Crippen LogP contribution >= 0.6 is 0 Å². The van der Waals surface area contributed by atoms with Crippen LogP contribution in [0.1, 0.15) is 19.3 Å². The van der Waals surface area contributed by atoms with Crippen LogP contribution in [0.5, 0.6) is 0 Å². The summed E-state index contributed by atoms with van der Waals surface area (Å²) in [6.07, 6.45) is 1.30. The molecule has 1 aromatic rings. The summed E-state index contributed by atoms with van der Waals surface area (Å²) in [5.74, 6) is -3.47. The monoisotopic (exact) mass is 352 g/mol. The van der Waals surface area contributed by atoms with E-state index in [0.29, 0.717) is 39.1 Å². The first-order valence-corrected chi connectivity index (χ1v) is 8.33. The van der Waals surface area contributed by atoms with Gasteiger partial charge in [0.05, 0.1) is 31.4 Å². The molecule has 3 saturated heterocycles. The normalized spacial score (nSPS) is 26.8. The topological polar surface area (TPSA) is 59.1 Å². The quantitative estimate of drug-likeness (QED) is 0.754. The van der Waals surface area contributed by atoms with Gasteiger partial charge in [0.2, 0.25) is 5.91 Å². The first-order valence-electron chi connectivity index (χ1n) is 8.33. The molecule has 3 fully saturated rings. The lowest BCUT2D eigenvalue weighted by Gasteiger charge is -2.39. The van der Waals surface area contributed by atoms with Crippen LogP contribution in [0.25, 0.3) is 0 Å². The fourth-order valence-electron chi connectivity index (χ4n) is 3.76. The Kier molecular flexibility index (Phi) is 4.05. The molecule has 134 valence electrons. The number of benzene rings is 1. The summed E-state index contributed by atoms with van der Waals surface area (Å²) >= 11 is 0. The zero-order valence-corrected chi connectivity index (χ0v) is 13.5. The summed E-state index contributed by atoms with van der Waals surface area (Å²) in [6.45, 7) is 2.31. The standard InChI is InChI=1S/C17H18F2N2O4/c18-12-2-1-11(9-13(12)19)21-15(22)10-14(16(21)23)20-5-3-17(4-6-20)24-7-8-25-17/h1-2,9,14H,3-8,10H2.